The van der Waals surface area contributed by atoms with Crippen molar-refractivity contribution in [3.63, 3.8) is 0 Å². The summed E-state index contributed by atoms with van der Waals surface area (Å²) in [5, 5.41) is 0. The number of rotatable bonds is 28. The lowest BCUT2D eigenvalue weighted by Crippen LogP contribution is -2.74. The Morgan fingerprint density at radius 1 is 0.382 bits per heavy atom. The molecule has 0 N–H and O–H groups in total. The van der Waals surface area contributed by atoms with Gasteiger partial charge in [-0.3, -0.25) is 0 Å². The lowest BCUT2D eigenvalue weighted by molar-refractivity contribution is -0.907. The molecule has 0 atom stereocenters. The topological polar surface area (TPSA) is 78.9 Å². The van der Waals surface area contributed by atoms with E-state index in [2.05, 4.69) is 16.1 Å². The van der Waals surface area contributed by atoms with Crippen LogP contribution in [-0.2, 0) is 28.6 Å². The van der Waals surface area contributed by atoms with E-state index in [1.165, 1.54) is 0 Å². The quantitative estimate of drug-likeness (QED) is 0.0255. The molecular formula is C34H32F34N2O6+2. The Balaban J connectivity index is 6.18. The van der Waals surface area contributed by atoms with Crippen LogP contribution in [0.2, 0.25) is 0 Å². The zero-order chi connectivity index (χ0) is 61.8. The van der Waals surface area contributed by atoms with Crippen molar-refractivity contribution < 1.29 is 187 Å². The second-order valence-corrected chi connectivity index (χ2v) is 17.1. The van der Waals surface area contributed by atoms with Crippen LogP contribution in [0.15, 0.2) is 12.7 Å². The number of carbonyl (C=O) groups is 3. The number of nitrogens with zero attached hydrogens (tertiary/aromatic N) is 2. The van der Waals surface area contributed by atoms with Crippen LogP contribution in [0.4, 0.5) is 149 Å². The first-order chi connectivity index (χ1) is 32.7. The first kappa shape index (κ1) is 71.7. The number of carbonyl (C=O) groups excluding carboxylic acids is 3. The van der Waals surface area contributed by atoms with Crippen LogP contribution >= 0.6 is 0 Å². The Hall–Kier alpha value is -4.31. The largest absolute Gasteiger partial charge is 0.461 e. The molecule has 0 saturated heterocycles. The summed E-state index contributed by atoms with van der Waals surface area (Å²) in [5.74, 6) is -123. The van der Waals surface area contributed by atoms with Crippen molar-refractivity contribution in [1.29, 1.82) is 0 Å². The number of halogens is 34. The van der Waals surface area contributed by atoms with Gasteiger partial charge in [-0.2, -0.15) is 149 Å². The summed E-state index contributed by atoms with van der Waals surface area (Å²) in [5.41, 5.74) is 0. The third-order valence-electron chi connectivity index (χ3n) is 9.89. The fourth-order valence-electron chi connectivity index (χ4n) is 5.66. The van der Waals surface area contributed by atoms with Crippen molar-refractivity contribution in [2.24, 2.45) is 0 Å². The van der Waals surface area contributed by atoms with E-state index in [9.17, 15) is 164 Å². The van der Waals surface area contributed by atoms with E-state index in [1.54, 1.807) is 0 Å². The fourth-order valence-corrected chi connectivity index (χ4v) is 5.66. The molecule has 0 saturated carbocycles. The molecule has 0 aromatic heterocycles. The number of likely N-dealkylation sites (N-methyl/N-ethyl adjacent to an activating group) is 2. The molecule has 0 amide bonds. The van der Waals surface area contributed by atoms with Gasteiger partial charge in [0.25, 0.3) is 0 Å². The van der Waals surface area contributed by atoms with E-state index in [0.29, 0.717) is 6.08 Å². The smallest absolute Gasteiger partial charge is 0.460 e. The van der Waals surface area contributed by atoms with Crippen molar-refractivity contribution in [2.45, 2.75) is 114 Å². The average molecular weight is 1210 g/mol. The van der Waals surface area contributed by atoms with Gasteiger partial charge in [0.05, 0.1) is 54.2 Å². The van der Waals surface area contributed by atoms with E-state index in [0.717, 1.165) is 28.2 Å². The molecule has 0 aliphatic rings. The predicted octanol–water partition coefficient (Wildman–Crippen LogP) is 11.1. The molecule has 0 radical (unpaired) electrons. The second kappa shape index (κ2) is 21.1. The number of hydrogen-bond donors (Lipinski definition) is 0. The van der Waals surface area contributed by atoms with Gasteiger partial charge >= 0.3 is 113 Å². The first-order valence-electron chi connectivity index (χ1n) is 18.9. The molecular weight excluding hydrogens is 1180 g/mol. The Labute approximate surface area is 399 Å². The maximum atomic E-state index is 14.3. The summed E-state index contributed by atoms with van der Waals surface area (Å²) in [4.78, 5) is 36.7. The van der Waals surface area contributed by atoms with Gasteiger partial charge < -0.3 is 23.2 Å². The van der Waals surface area contributed by atoms with Gasteiger partial charge in [-0.05, 0) is 0 Å². The van der Waals surface area contributed by atoms with Crippen LogP contribution < -0.4 is 0 Å². The standard InChI is InChI=1S/C34H32F34N2O6/c1-6-16(71)76-15(11-69(2,3)13-17(72)74-9-7-19(35,36)21(39,40)23(43,44)25(47,48)27(51,52)29(55,56)31(59,60)33(63,64)65)12-70(4,5)14-18(73)75-10-8-20(37,38)22(41,42)24(45,46)26(49,50)28(53,54)30(57,58)32(61,62)34(66,67)68/h6,15H,1,7-14H2,2-5H3/q+2. The number of quaternary nitrogens is 2. The van der Waals surface area contributed by atoms with Gasteiger partial charge in [-0.25, -0.2) is 14.4 Å². The van der Waals surface area contributed by atoms with Crippen LogP contribution in [0.3, 0.4) is 0 Å². The molecule has 0 aliphatic carbocycles. The minimum Gasteiger partial charge on any atom is -0.461 e. The van der Waals surface area contributed by atoms with Gasteiger partial charge in [0, 0.05) is 6.08 Å². The molecule has 450 valence electrons. The molecule has 42 heteroatoms. The highest BCUT2D eigenvalue weighted by Crippen LogP contribution is 2.66. The maximum Gasteiger partial charge on any atom is 0.460 e. The third-order valence-corrected chi connectivity index (χ3v) is 9.89. The van der Waals surface area contributed by atoms with Gasteiger partial charge in [-0.1, -0.05) is 6.58 Å². The summed E-state index contributed by atoms with van der Waals surface area (Å²) in [6, 6.07) is 0. The average Bonchev–Trinajstić information content (AvgIpc) is 3.17. The summed E-state index contributed by atoms with van der Waals surface area (Å²) in [6.07, 6.45) is -23.8. The molecule has 0 heterocycles. The minimum atomic E-state index is -8.92. The van der Waals surface area contributed by atoms with E-state index in [-0.39, 0.29) is 0 Å². The van der Waals surface area contributed by atoms with Crippen molar-refractivity contribution in [3.8, 4) is 0 Å². The summed E-state index contributed by atoms with van der Waals surface area (Å²) in [7, 11) is 3.42. The van der Waals surface area contributed by atoms with Crippen LogP contribution in [0.5, 0.6) is 0 Å². The molecule has 0 aromatic carbocycles. The first-order valence-corrected chi connectivity index (χ1v) is 18.9. The summed E-state index contributed by atoms with van der Waals surface area (Å²) in [6.45, 7) is -6.26. The molecule has 8 nitrogen and oxygen atoms in total. The maximum absolute atomic E-state index is 14.3. The number of alkyl halides is 34. The highest BCUT2D eigenvalue weighted by Gasteiger charge is 2.97. The normalized spacial score (nSPS) is 15.7. The minimum absolute atomic E-state index is 0.384. The molecule has 0 rings (SSSR count). The second-order valence-electron chi connectivity index (χ2n) is 17.1. The van der Waals surface area contributed by atoms with Crippen molar-refractivity contribution in [1.82, 2.24) is 0 Å². The lowest BCUT2D eigenvalue weighted by Gasteiger charge is -2.42. The van der Waals surface area contributed by atoms with Gasteiger partial charge in [-0.15, -0.1) is 0 Å². The highest BCUT2D eigenvalue weighted by molar-refractivity contribution is 5.81. The lowest BCUT2D eigenvalue weighted by atomic mass is 9.88. The SMILES string of the molecule is C=CC(=O)OC(C[N+](C)(C)CC(=O)OCCC(F)(F)C(F)(F)C(F)(F)C(F)(F)C(F)(F)C(F)(F)C(F)(F)C(F)(F)F)C[N+](C)(C)CC(=O)OCCC(F)(F)C(F)(F)C(F)(F)C(F)(F)C(F)(F)C(F)(F)C(F)(F)C(F)(F)F. The number of hydrogen-bond acceptors (Lipinski definition) is 6. The van der Waals surface area contributed by atoms with Crippen molar-refractivity contribution in [3.05, 3.63) is 12.7 Å². The van der Waals surface area contributed by atoms with Crippen molar-refractivity contribution >= 4 is 17.9 Å². The van der Waals surface area contributed by atoms with Gasteiger partial charge in [0.1, 0.15) is 13.1 Å². The van der Waals surface area contributed by atoms with E-state index >= 15 is 0 Å². The third kappa shape index (κ3) is 12.6. The molecule has 0 bridgehead atoms. The van der Waals surface area contributed by atoms with Crippen LogP contribution in [0, 0.1) is 0 Å². The Kier molecular flexibility index (Phi) is 19.9. The Morgan fingerprint density at radius 2 is 0.592 bits per heavy atom. The summed E-state index contributed by atoms with van der Waals surface area (Å²) >= 11 is 0. The van der Waals surface area contributed by atoms with Crippen LogP contribution in [0.1, 0.15) is 12.8 Å². The zero-order valence-electron chi connectivity index (χ0n) is 37.2. The van der Waals surface area contributed by atoms with E-state index in [1.807, 2.05) is 0 Å². The van der Waals surface area contributed by atoms with Gasteiger partial charge in [0.2, 0.25) is 0 Å². The molecule has 0 unspecified atom stereocenters. The Morgan fingerprint density at radius 3 is 0.803 bits per heavy atom. The number of ether oxygens (including phenoxy) is 3. The zero-order valence-corrected chi connectivity index (χ0v) is 37.2. The monoisotopic (exact) mass is 1210 g/mol. The molecule has 0 spiro atoms. The van der Waals surface area contributed by atoms with Crippen molar-refractivity contribution in [2.75, 3.05) is 67.6 Å². The van der Waals surface area contributed by atoms with Crippen LogP contribution in [-0.4, -0.2) is 196 Å². The van der Waals surface area contributed by atoms with Gasteiger partial charge in [0.15, 0.2) is 19.2 Å². The highest BCUT2D eigenvalue weighted by atomic mass is 19.4. The summed E-state index contributed by atoms with van der Waals surface area (Å²) < 4.78 is 471. The van der Waals surface area contributed by atoms with E-state index < -0.39 is 180 Å². The number of esters is 3. The fraction of sp³-hybridized carbons (Fsp3) is 0.853. The molecule has 76 heavy (non-hydrogen) atoms. The Bertz CT molecular complexity index is 1930. The predicted molar refractivity (Wildman–Crippen MR) is 176 cm³/mol. The molecule has 0 aliphatic heterocycles. The molecule has 0 aromatic rings. The van der Waals surface area contributed by atoms with E-state index in [4.69, 9.17) is 4.74 Å². The van der Waals surface area contributed by atoms with Crippen LogP contribution in [0.25, 0.3) is 0 Å². The molecule has 0 fully saturated rings.